The van der Waals surface area contributed by atoms with Crippen LogP contribution >= 0.6 is 15.9 Å². The van der Waals surface area contributed by atoms with Crippen molar-refractivity contribution in [3.63, 3.8) is 0 Å². The molecule has 3 aromatic rings. The molecule has 34 heavy (non-hydrogen) atoms. The number of allylic oxidation sites excluding steroid dienone is 1. The van der Waals surface area contributed by atoms with E-state index in [1.807, 2.05) is 6.07 Å². The molecule has 8 heteroatoms. The Kier molecular flexibility index (Phi) is 6.43. The molecule has 1 aliphatic heterocycles. The Hall–Kier alpha value is -3.65. The topological polar surface area (TPSA) is 57.6 Å². The first-order chi connectivity index (χ1) is 16.2. The van der Waals surface area contributed by atoms with Crippen molar-refractivity contribution in [2.24, 2.45) is 0 Å². The Bertz CT molecular complexity index is 1300. The summed E-state index contributed by atoms with van der Waals surface area (Å²) in [6, 6.07) is 18.7. The zero-order chi connectivity index (χ0) is 24.5. The third-order valence-corrected chi connectivity index (χ3v) is 5.87. The molecule has 0 bridgehead atoms. The number of halogens is 4. The lowest BCUT2D eigenvalue weighted by Gasteiger charge is -2.27. The van der Waals surface area contributed by atoms with Crippen LogP contribution in [-0.2, 0) is 15.8 Å². The van der Waals surface area contributed by atoms with Gasteiger partial charge in [0.25, 0.3) is 5.91 Å². The van der Waals surface area contributed by atoms with Gasteiger partial charge in [0.1, 0.15) is 0 Å². The standard InChI is InChI=1S/C26H17BrF3NO3/c27-19-12-10-17(11-13-19)23-22(21(32)14-9-16-5-2-1-3-6-16)24(33)25(34)31(23)20-8-4-7-18(15-20)26(28,29)30/h1-15,23,33H/b14-9+. The maximum Gasteiger partial charge on any atom is 0.416 e. The molecule has 4 nitrogen and oxygen atoms in total. The highest BCUT2D eigenvalue weighted by Crippen LogP contribution is 2.42. The first-order valence-corrected chi connectivity index (χ1v) is 10.9. The molecule has 0 saturated heterocycles. The lowest BCUT2D eigenvalue weighted by atomic mass is 9.95. The van der Waals surface area contributed by atoms with Crippen LogP contribution in [0, 0.1) is 0 Å². The van der Waals surface area contributed by atoms with Crippen LogP contribution in [0.5, 0.6) is 0 Å². The molecule has 172 valence electrons. The van der Waals surface area contributed by atoms with Gasteiger partial charge in [-0.1, -0.05) is 70.5 Å². The summed E-state index contributed by atoms with van der Waals surface area (Å²) in [6.07, 6.45) is -1.85. The molecule has 0 aliphatic carbocycles. The van der Waals surface area contributed by atoms with Gasteiger partial charge in [-0.2, -0.15) is 13.2 Å². The van der Waals surface area contributed by atoms with Gasteiger partial charge >= 0.3 is 6.18 Å². The van der Waals surface area contributed by atoms with Crippen LogP contribution < -0.4 is 4.90 Å². The van der Waals surface area contributed by atoms with E-state index in [0.717, 1.165) is 27.1 Å². The van der Waals surface area contributed by atoms with Gasteiger partial charge in [-0.25, -0.2) is 0 Å². The van der Waals surface area contributed by atoms with E-state index in [4.69, 9.17) is 0 Å². The molecule has 1 unspecified atom stereocenters. The van der Waals surface area contributed by atoms with E-state index in [9.17, 15) is 27.9 Å². The number of aliphatic hydroxyl groups is 1. The molecule has 1 N–H and O–H groups in total. The smallest absolute Gasteiger partial charge is 0.416 e. The molecular formula is C26H17BrF3NO3. The highest BCUT2D eigenvalue weighted by Gasteiger charge is 2.44. The normalized spacial score (nSPS) is 16.5. The highest BCUT2D eigenvalue weighted by molar-refractivity contribution is 9.10. The first-order valence-electron chi connectivity index (χ1n) is 10.1. The van der Waals surface area contributed by atoms with Crippen LogP contribution in [0.3, 0.4) is 0 Å². The molecule has 3 aromatic carbocycles. The number of nitrogens with zero attached hydrogens (tertiary/aromatic N) is 1. The fourth-order valence-electron chi connectivity index (χ4n) is 3.74. The van der Waals surface area contributed by atoms with Gasteiger partial charge in [-0.3, -0.25) is 14.5 Å². The average molecular weight is 528 g/mol. The minimum absolute atomic E-state index is 0.0888. The molecule has 4 rings (SSSR count). The number of carbonyl (C=O) groups excluding carboxylic acids is 2. The largest absolute Gasteiger partial charge is 0.503 e. The Labute approximate surface area is 201 Å². The second-order valence-electron chi connectivity index (χ2n) is 7.55. The lowest BCUT2D eigenvalue weighted by Crippen LogP contribution is -2.31. The number of benzene rings is 3. The van der Waals surface area contributed by atoms with Gasteiger partial charge in [0.15, 0.2) is 11.5 Å². The third-order valence-electron chi connectivity index (χ3n) is 5.34. The number of hydrogen-bond donors (Lipinski definition) is 1. The Morgan fingerprint density at radius 2 is 1.65 bits per heavy atom. The maximum atomic E-state index is 13.3. The molecular weight excluding hydrogens is 511 g/mol. The van der Waals surface area contributed by atoms with Gasteiger partial charge < -0.3 is 5.11 Å². The van der Waals surface area contributed by atoms with Crippen molar-refractivity contribution in [1.82, 2.24) is 0 Å². The van der Waals surface area contributed by atoms with Crippen molar-refractivity contribution in [3.05, 3.63) is 117 Å². The van der Waals surface area contributed by atoms with Crippen molar-refractivity contribution >= 4 is 39.4 Å². The summed E-state index contributed by atoms with van der Waals surface area (Å²) in [7, 11) is 0. The third kappa shape index (κ3) is 4.68. The first kappa shape index (κ1) is 23.5. The summed E-state index contributed by atoms with van der Waals surface area (Å²) in [5.74, 6) is -2.38. The quantitative estimate of drug-likeness (QED) is 0.378. The molecule has 0 saturated carbocycles. The number of amides is 1. The van der Waals surface area contributed by atoms with Gasteiger partial charge in [0.05, 0.1) is 17.2 Å². The van der Waals surface area contributed by atoms with E-state index in [1.54, 1.807) is 54.6 Å². The molecule has 1 amide bonds. The van der Waals surface area contributed by atoms with Gasteiger partial charge in [0.2, 0.25) is 0 Å². The molecule has 1 aliphatic rings. The van der Waals surface area contributed by atoms with E-state index >= 15 is 0 Å². The predicted molar refractivity (Wildman–Crippen MR) is 126 cm³/mol. The number of ketones is 1. The van der Waals surface area contributed by atoms with Gasteiger partial charge in [0, 0.05) is 10.2 Å². The Morgan fingerprint density at radius 3 is 2.29 bits per heavy atom. The summed E-state index contributed by atoms with van der Waals surface area (Å²) < 4.78 is 40.7. The minimum Gasteiger partial charge on any atom is -0.503 e. The maximum absolute atomic E-state index is 13.3. The second-order valence-corrected chi connectivity index (χ2v) is 8.46. The molecule has 1 atom stereocenters. The van der Waals surface area contributed by atoms with E-state index in [0.29, 0.717) is 5.56 Å². The Morgan fingerprint density at radius 1 is 0.971 bits per heavy atom. The monoisotopic (exact) mass is 527 g/mol. The van der Waals surface area contributed by atoms with E-state index in [-0.39, 0.29) is 11.3 Å². The van der Waals surface area contributed by atoms with Crippen LogP contribution in [0.1, 0.15) is 22.7 Å². The van der Waals surface area contributed by atoms with E-state index < -0.39 is 35.2 Å². The summed E-state index contributed by atoms with van der Waals surface area (Å²) in [5, 5.41) is 10.7. The number of alkyl halides is 3. The molecule has 1 heterocycles. The number of hydrogen-bond acceptors (Lipinski definition) is 3. The molecule has 0 aromatic heterocycles. The lowest BCUT2D eigenvalue weighted by molar-refractivity contribution is -0.137. The Balaban J connectivity index is 1.81. The van der Waals surface area contributed by atoms with Crippen LogP contribution in [0.2, 0.25) is 0 Å². The van der Waals surface area contributed by atoms with Crippen molar-refractivity contribution < 1.29 is 27.9 Å². The number of aliphatic hydroxyl groups excluding tert-OH is 1. The zero-order valence-corrected chi connectivity index (χ0v) is 19.0. The van der Waals surface area contributed by atoms with E-state index in [2.05, 4.69) is 15.9 Å². The summed E-state index contributed by atoms with van der Waals surface area (Å²) >= 11 is 3.32. The van der Waals surface area contributed by atoms with E-state index in [1.165, 1.54) is 18.2 Å². The minimum atomic E-state index is -4.63. The summed E-state index contributed by atoms with van der Waals surface area (Å²) in [4.78, 5) is 27.2. The zero-order valence-electron chi connectivity index (χ0n) is 17.5. The molecule has 0 fully saturated rings. The summed E-state index contributed by atoms with van der Waals surface area (Å²) in [6.45, 7) is 0. The van der Waals surface area contributed by atoms with Crippen molar-refractivity contribution in [3.8, 4) is 0 Å². The van der Waals surface area contributed by atoms with Crippen LogP contribution in [-0.4, -0.2) is 16.8 Å². The number of rotatable bonds is 5. The van der Waals surface area contributed by atoms with Gasteiger partial charge in [-0.15, -0.1) is 0 Å². The second kappa shape index (κ2) is 9.30. The van der Waals surface area contributed by atoms with Gasteiger partial charge in [-0.05, 0) is 47.5 Å². The fraction of sp³-hybridized carbons (Fsp3) is 0.0769. The highest BCUT2D eigenvalue weighted by atomic mass is 79.9. The van der Waals surface area contributed by atoms with Crippen LogP contribution in [0.15, 0.2) is 101 Å². The number of anilines is 1. The van der Waals surface area contributed by atoms with Crippen LogP contribution in [0.25, 0.3) is 6.08 Å². The number of carbonyl (C=O) groups is 2. The molecule has 0 radical (unpaired) electrons. The van der Waals surface area contributed by atoms with Crippen molar-refractivity contribution in [2.75, 3.05) is 4.90 Å². The van der Waals surface area contributed by atoms with Crippen LogP contribution in [0.4, 0.5) is 18.9 Å². The van der Waals surface area contributed by atoms with Crippen molar-refractivity contribution in [1.29, 1.82) is 0 Å². The average Bonchev–Trinajstić information content (AvgIpc) is 3.09. The SMILES string of the molecule is O=C(/C=C/c1ccccc1)C1=C(O)C(=O)N(c2cccc(C(F)(F)F)c2)C1c1ccc(Br)cc1. The fourth-order valence-corrected chi connectivity index (χ4v) is 4.01. The predicted octanol–water partition coefficient (Wildman–Crippen LogP) is 6.65. The molecule has 0 spiro atoms. The van der Waals surface area contributed by atoms with Crippen molar-refractivity contribution in [2.45, 2.75) is 12.2 Å². The summed E-state index contributed by atoms with van der Waals surface area (Å²) in [5.41, 5.74) is -0.0636.